The Balaban J connectivity index is 1.60. The Morgan fingerprint density at radius 2 is 1.68 bits per heavy atom. The van der Waals surface area contributed by atoms with Crippen LogP contribution in [-0.2, 0) is 26.0 Å². The second-order valence-corrected chi connectivity index (χ2v) is 10.2. The average molecular weight is 442 g/mol. The van der Waals surface area contributed by atoms with Gasteiger partial charge in [-0.2, -0.15) is 4.31 Å². The van der Waals surface area contributed by atoms with Gasteiger partial charge in [0.15, 0.2) is 0 Å². The molecule has 8 heteroatoms. The minimum absolute atomic E-state index is 0.219. The highest BCUT2D eigenvalue weighted by molar-refractivity contribution is 7.89. The summed E-state index contributed by atoms with van der Waals surface area (Å²) in [4.78, 5) is 27.0. The zero-order chi connectivity index (χ0) is 22.2. The summed E-state index contributed by atoms with van der Waals surface area (Å²) in [7, 11) is -3.58. The molecule has 2 amide bonds. The molecule has 2 aromatic carbocycles. The number of hydrogen-bond donors (Lipinski definition) is 1. The number of anilines is 2. The summed E-state index contributed by atoms with van der Waals surface area (Å²) in [5, 5.41) is 2.87. The SMILES string of the molecule is CC(=O)N1c2ccc(S(=O)(=O)N3CCCCC3)cc2C[C@@H]1C(=O)Nc1ccc(C)cc1. The van der Waals surface area contributed by atoms with Gasteiger partial charge in [0.05, 0.1) is 4.90 Å². The number of hydrogen-bond acceptors (Lipinski definition) is 4. The van der Waals surface area contributed by atoms with Gasteiger partial charge in [0.2, 0.25) is 21.8 Å². The van der Waals surface area contributed by atoms with Crippen molar-refractivity contribution in [2.24, 2.45) is 0 Å². The molecule has 1 atom stereocenters. The molecule has 1 saturated heterocycles. The van der Waals surface area contributed by atoms with Crippen molar-refractivity contribution in [1.29, 1.82) is 0 Å². The summed E-state index contributed by atoms with van der Waals surface area (Å²) >= 11 is 0. The van der Waals surface area contributed by atoms with Gasteiger partial charge >= 0.3 is 0 Å². The van der Waals surface area contributed by atoms with Crippen LogP contribution in [0.3, 0.4) is 0 Å². The second-order valence-electron chi connectivity index (χ2n) is 8.22. The van der Waals surface area contributed by atoms with Crippen molar-refractivity contribution in [1.82, 2.24) is 4.31 Å². The number of nitrogens with one attached hydrogen (secondary N) is 1. The molecule has 0 aromatic heterocycles. The summed E-state index contributed by atoms with van der Waals surface area (Å²) < 4.78 is 27.6. The van der Waals surface area contributed by atoms with Crippen LogP contribution in [0, 0.1) is 6.92 Å². The molecule has 4 rings (SSSR count). The Kier molecular flexibility index (Phi) is 5.85. The molecule has 0 radical (unpaired) electrons. The van der Waals surface area contributed by atoms with Gasteiger partial charge in [0.1, 0.15) is 6.04 Å². The molecule has 1 fully saturated rings. The number of amides is 2. The number of nitrogens with zero attached hydrogens (tertiary/aromatic N) is 2. The van der Waals surface area contributed by atoms with Crippen molar-refractivity contribution in [2.75, 3.05) is 23.3 Å². The molecule has 2 heterocycles. The molecule has 0 bridgehead atoms. The van der Waals surface area contributed by atoms with Crippen LogP contribution in [0.1, 0.15) is 37.3 Å². The average Bonchev–Trinajstić information content (AvgIpc) is 3.15. The molecule has 164 valence electrons. The number of carbonyl (C=O) groups is 2. The first-order valence-electron chi connectivity index (χ1n) is 10.6. The largest absolute Gasteiger partial charge is 0.324 e. The van der Waals surface area contributed by atoms with Gasteiger partial charge in [0, 0.05) is 37.8 Å². The Morgan fingerprint density at radius 1 is 1.00 bits per heavy atom. The van der Waals surface area contributed by atoms with Crippen molar-refractivity contribution in [3.8, 4) is 0 Å². The highest BCUT2D eigenvalue weighted by Crippen LogP contribution is 2.35. The highest BCUT2D eigenvalue weighted by Gasteiger charge is 2.38. The molecular weight excluding hydrogens is 414 g/mol. The number of benzene rings is 2. The summed E-state index contributed by atoms with van der Waals surface area (Å²) in [6.07, 6.45) is 3.05. The lowest BCUT2D eigenvalue weighted by Gasteiger charge is -2.26. The zero-order valence-electron chi connectivity index (χ0n) is 17.8. The Labute approximate surface area is 183 Å². The fraction of sp³-hybridized carbons (Fsp3) is 0.391. The number of sulfonamides is 1. The van der Waals surface area contributed by atoms with Crippen LogP contribution in [-0.4, -0.2) is 43.7 Å². The van der Waals surface area contributed by atoms with E-state index in [1.54, 1.807) is 18.2 Å². The molecule has 0 saturated carbocycles. The topological polar surface area (TPSA) is 86.8 Å². The van der Waals surface area contributed by atoms with Crippen LogP contribution < -0.4 is 10.2 Å². The van der Waals surface area contributed by atoms with Gasteiger partial charge in [-0.1, -0.05) is 24.1 Å². The Hall–Kier alpha value is -2.71. The number of rotatable bonds is 4. The van der Waals surface area contributed by atoms with E-state index in [0.717, 1.165) is 24.8 Å². The van der Waals surface area contributed by atoms with Gasteiger partial charge in [-0.3, -0.25) is 14.5 Å². The van der Waals surface area contributed by atoms with Crippen LogP contribution in [0.4, 0.5) is 11.4 Å². The molecule has 0 unspecified atom stereocenters. The highest BCUT2D eigenvalue weighted by atomic mass is 32.2. The van der Waals surface area contributed by atoms with Gasteiger partial charge in [-0.05, 0) is 55.7 Å². The molecule has 0 aliphatic carbocycles. The normalized spacial score (nSPS) is 19.2. The van der Waals surface area contributed by atoms with E-state index in [2.05, 4.69) is 5.32 Å². The first-order valence-corrected chi connectivity index (χ1v) is 12.0. The number of fused-ring (bicyclic) bond motifs is 1. The minimum Gasteiger partial charge on any atom is -0.324 e. The molecule has 2 aliphatic heterocycles. The quantitative estimate of drug-likeness (QED) is 0.790. The van der Waals surface area contributed by atoms with E-state index in [4.69, 9.17) is 0 Å². The van der Waals surface area contributed by atoms with Crippen molar-refractivity contribution in [2.45, 2.75) is 50.5 Å². The Morgan fingerprint density at radius 3 is 2.32 bits per heavy atom. The van der Waals surface area contributed by atoms with E-state index in [0.29, 0.717) is 30.0 Å². The number of aryl methyl sites for hydroxylation is 1. The zero-order valence-corrected chi connectivity index (χ0v) is 18.6. The Bertz CT molecular complexity index is 1110. The number of carbonyl (C=O) groups excluding carboxylic acids is 2. The molecule has 7 nitrogen and oxygen atoms in total. The predicted octanol–water partition coefficient (Wildman–Crippen LogP) is 3.09. The summed E-state index contributed by atoms with van der Waals surface area (Å²) in [5.74, 6) is -0.551. The van der Waals surface area contributed by atoms with Crippen LogP contribution in [0.5, 0.6) is 0 Å². The third-order valence-electron chi connectivity index (χ3n) is 5.95. The van der Waals surface area contributed by atoms with E-state index < -0.39 is 16.1 Å². The fourth-order valence-electron chi connectivity index (χ4n) is 4.30. The maximum Gasteiger partial charge on any atom is 0.247 e. The first kappa shape index (κ1) is 21.5. The summed E-state index contributed by atoms with van der Waals surface area (Å²) in [5.41, 5.74) is 3.02. The predicted molar refractivity (Wildman–Crippen MR) is 120 cm³/mol. The lowest BCUT2D eigenvalue weighted by atomic mass is 10.1. The second kappa shape index (κ2) is 8.43. The number of piperidine rings is 1. The molecule has 1 N–H and O–H groups in total. The van der Waals surface area contributed by atoms with E-state index >= 15 is 0 Å². The van der Waals surface area contributed by atoms with E-state index in [9.17, 15) is 18.0 Å². The van der Waals surface area contributed by atoms with E-state index in [-0.39, 0.29) is 23.1 Å². The summed E-state index contributed by atoms with van der Waals surface area (Å²) in [6.45, 7) is 4.44. The van der Waals surface area contributed by atoms with Gasteiger partial charge in [0.25, 0.3) is 0 Å². The van der Waals surface area contributed by atoms with Crippen molar-refractivity contribution in [3.63, 3.8) is 0 Å². The van der Waals surface area contributed by atoms with Crippen molar-refractivity contribution < 1.29 is 18.0 Å². The standard InChI is InChI=1S/C23H27N3O4S/c1-16-6-8-19(9-7-16)24-23(28)22-15-18-14-20(10-11-21(18)26(22)17(2)27)31(29,30)25-12-4-3-5-13-25/h6-11,14,22H,3-5,12-13,15H2,1-2H3,(H,24,28)/t22-/m1/s1. The van der Waals surface area contributed by atoms with Gasteiger partial charge in [-0.15, -0.1) is 0 Å². The third-order valence-corrected chi connectivity index (χ3v) is 7.84. The van der Waals surface area contributed by atoms with Crippen molar-refractivity contribution >= 4 is 33.2 Å². The monoisotopic (exact) mass is 441 g/mol. The van der Waals surface area contributed by atoms with Crippen LogP contribution in [0.25, 0.3) is 0 Å². The lowest BCUT2D eigenvalue weighted by Crippen LogP contribution is -2.44. The van der Waals surface area contributed by atoms with E-state index in [1.807, 2.05) is 31.2 Å². The van der Waals surface area contributed by atoms with Crippen LogP contribution in [0.15, 0.2) is 47.4 Å². The smallest absolute Gasteiger partial charge is 0.247 e. The molecule has 31 heavy (non-hydrogen) atoms. The maximum absolute atomic E-state index is 13.1. The molecule has 2 aromatic rings. The third kappa shape index (κ3) is 4.22. The molecule has 0 spiro atoms. The van der Waals surface area contributed by atoms with Gasteiger partial charge in [-0.25, -0.2) is 8.42 Å². The lowest BCUT2D eigenvalue weighted by molar-refractivity contribution is -0.122. The minimum atomic E-state index is -3.58. The summed E-state index contributed by atoms with van der Waals surface area (Å²) in [6, 6.07) is 11.5. The maximum atomic E-state index is 13.1. The first-order chi connectivity index (χ1) is 14.8. The van der Waals surface area contributed by atoms with Crippen molar-refractivity contribution in [3.05, 3.63) is 53.6 Å². The van der Waals surface area contributed by atoms with E-state index in [1.165, 1.54) is 16.1 Å². The van der Waals surface area contributed by atoms with Gasteiger partial charge < -0.3 is 5.32 Å². The van der Waals surface area contributed by atoms with Crippen LogP contribution in [0.2, 0.25) is 0 Å². The molecule has 2 aliphatic rings. The molecular formula is C23H27N3O4S. The van der Waals surface area contributed by atoms with Crippen LogP contribution >= 0.6 is 0 Å². The fourth-order valence-corrected chi connectivity index (χ4v) is 5.87.